The van der Waals surface area contributed by atoms with E-state index in [1.807, 2.05) is 0 Å². The van der Waals surface area contributed by atoms with E-state index in [4.69, 9.17) is 0 Å². The highest BCUT2D eigenvalue weighted by Crippen LogP contribution is 2.53. The molecule has 1 saturated carbocycles. The van der Waals surface area contributed by atoms with Gasteiger partial charge in [-0.3, -0.25) is 0 Å². The number of allylic oxidation sites excluding steroid dienone is 1. The summed E-state index contributed by atoms with van der Waals surface area (Å²) < 4.78 is 0. The highest BCUT2D eigenvalue weighted by Gasteiger charge is 2.45. The minimum atomic E-state index is 0.606. The SMILES string of the molecule is CC(C)CNCC1(C2=CCCCC2)CC1. The third-order valence-corrected chi connectivity index (χ3v) is 3.84. The quantitative estimate of drug-likeness (QED) is 0.680. The predicted molar refractivity (Wildman–Crippen MR) is 65.9 cm³/mol. The summed E-state index contributed by atoms with van der Waals surface area (Å²) in [4.78, 5) is 0. The molecule has 0 aromatic rings. The van der Waals surface area contributed by atoms with Crippen molar-refractivity contribution < 1.29 is 0 Å². The van der Waals surface area contributed by atoms with E-state index >= 15 is 0 Å². The highest BCUT2D eigenvalue weighted by atomic mass is 14.9. The zero-order valence-electron chi connectivity index (χ0n) is 10.3. The normalized spacial score (nSPS) is 24.1. The van der Waals surface area contributed by atoms with E-state index in [0.29, 0.717) is 5.41 Å². The van der Waals surface area contributed by atoms with Crippen molar-refractivity contribution >= 4 is 0 Å². The van der Waals surface area contributed by atoms with Crippen molar-refractivity contribution in [2.45, 2.75) is 52.4 Å². The predicted octanol–water partition coefficient (Wildman–Crippen LogP) is 3.51. The van der Waals surface area contributed by atoms with Crippen LogP contribution in [0.1, 0.15) is 52.4 Å². The van der Waals surface area contributed by atoms with Crippen LogP contribution in [0.25, 0.3) is 0 Å². The van der Waals surface area contributed by atoms with Crippen molar-refractivity contribution in [3.63, 3.8) is 0 Å². The monoisotopic (exact) mass is 207 g/mol. The van der Waals surface area contributed by atoms with Gasteiger partial charge < -0.3 is 5.32 Å². The average molecular weight is 207 g/mol. The lowest BCUT2D eigenvalue weighted by atomic mass is 9.86. The fraction of sp³-hybridized carbons (Fsp3) is 0.857. The summed E-state index contributed by atoms with van der Waals surface area (Å²) in [7, 11) is 0. The van der Waals surface area contributed by atoms with Crippen LogP contribution < -0.4 is 5.32 Å². The largest absolute Gasteiger partial charge is 0.316 e. The fourth-order valence-electron chi connectivity index (χ4n) is 2.68. The molecular formula is C14H25N. The summed E-state index contributed by atoms with van der Waals surface area (Å²) in [6, 6.07) is 0. The van der Waals surface area contributed by atoms with Crippen molar-refractivity contribution in [1.29, 1.82) is 0 Å². The van der Waals surface area contributed by atoms with Crippen LogP contribution in [0, 0.1) is 11.3 Å². The number of rotatable bonds is 5. The van der Waals surface area contributed by atoms with Crippen LogP contribution in [0.4, 0.5) is 0 Å². The molecule has 86 valence electrons. The molecule has 0 amide bonds. The molecule has 1 fully saturated rings. The standard InChI is InChI=1S/C14H25N/c1-12(2)10-15-11-14(8-9-14)13-6-4-3-5-7-13/h6,12,15H,3-5,7-11H2,1-2H3. The van der Waals surface area contributed by atoms with Crippen molar-refractivity contribution in [1.82, 2.24) is 5.32 Å². The van der Waals surface area contributed by atoms with E-state index in [0.717, 1.165) is 5.92 Å². The zero-order valence-corrected chi connectivity index (χ0v) is 10.3. The van der Waals surface area contributed by atoms with E-state index in [1.54, 1.807) is 5.57 Å². The van der Waals surface area contributed by atoms with Gasteiger partial charge in [0.1, 0.15) is 0 Å². The second kappa shape index (κ2) is 4.69. The third-order valence-electron chi connectivity index (χ3n) is 3.84. The van der Waals surface area contributed by atoms with Crippen LogP contribution in [0.5, 0.6) is 0 Å². The molecular weight excluding hydrogens is 182 g/mol. The summed E-state index contributed by atoms with van der Waals surface area (Å²) in [6.45, 7) is 6.98. The van der Waals surface area contributed by atoms with Gasteiger partial charge in [0, 0.05) is 12.0 Å². The molecule has 0 aliphatic heterocycles. The Morgan fingerprint density at radius 1 is 1.33 bits per heavy atom. The van der Waals surface area contributed by atoms with Crippen molar-refractivity contribution in [3.8, 4) is 0 Å². The molecule has 0 saturated heterocycles. The first-order valence-electron chi connectivity index (χ1n) is 6.63. The highest BCUT2D eigenvalue weighted by molar-refractivity contribution is 5.24. The molecule has 1 heteroatoms. The topological polar surface area (TPSA) is 12.0 Å². The van der Waals surface area contributed by atoms with Crippen LogP contribution in [0.3, 0.4) is 0 Å². The van der Waals surface area contributed by atoms with Gasteiger partial charge in [0.2, 0.25) is 0 Å². The Bertz CT molecular complexity index is 236. The Kier molecular flexibility index (Phi) is 3.50. The molecule has 2 aliphatic rings. The summed E-state index contributed by atoms with van der Waals surface area (Å²) in [5.74, 6) is 0.779. The summed E-state index contributed by atoms with van der Waals surface area (Å²) in [6.07, 6.45) is 11.0. The molecule has 0 heterocycles. The molecule has 1 N–H and O–H groups in total. The Labute approximate surface area is 94.3 Å². The molecule has 0 aromatic heterocycles. The van der Waals surface area contributed by atoms with E-state index in [9.17, 15) is 0 Å². The third kappa shape index (κ3) is 2.84. The van der Waals surface area contributed by atoms with E-state index in [1.165, 1.54) is 51.6 Å². The van der Waals surface area contributed by atoms with Crippen molar-refractivity contribution in [2.75, 3.05) is 13.1 Å². The number of hydrogen-bond donors (Lipinski definition) is 1. The lowest BCUT2D eigenvalue weighted by molar-refractivity contribution is 0.459. The summed E-state index contributed by atoms with van der Waals surface area (Å²) >= 11 is 0. The average Bonchev–Trinajstić information content (AvgIpc) is 3.00. The van der Waals surface area contributed by atoms with Gasteiger partial charge in [0.05, 0.1) is 0 Å². The Morgan fingerprint density at radius 3 is 2.67 bits per heavy atom. The molecule has 0 unspecified atom stereocenters. The Morgan fingerprint density at radius 2 is 2.13 bits per heavy atom. The first kappa shape index (κ1) is 11.2. The van der Waals surface area contributed by atoms with E-state index < -0.39 is 0 Å². The summed E-state index contributed by atoms with van der Waals surface area (Å²) in [5, 5.41) is 3.64. The van der Waals surface area contributed by atoms with Crippen LogP contribution in [-0.4, -0.2) is 13.1 Å². The Hall–Kier alpha value is -0.300. The molecule has 0 radical (unpaired) electrons. The maximum atomic E-state index is 3.64. The van der Waals surface area contributed by atoms with Crippen LogP contribution in [0.15, 0.2) is 11.6 Å². The lowest BCUT2D eigenvalue weighted by Crippen LogP contribution is -2.29. The van der Waals surface area contributed by atoms with Gasteiger partial charge in [-0.15, -0.1) is 0 Å². The fourth-order valence-corrected chi connectivity index (χ4v) is 2.68. The molecule has 2 rings (SSSR count). The van der Waals surface area contributed by atoms with Gasteiger partial charge in [-0.25, -0.2) is 0 Å². The molecule has 0 bridgehead atoms. The molecule has 0 spiro atoms. The minimum Gasteiger partial charge on any atom is -0.316 e. The van der Waals surface area contributed by atoms with Crippen LogP contribution in [0.2, 0.25) is 0 Å². The Balaban J connectivity index is 1.82. The van der Waals surface area contributed by atoms with Gasteiger partial charge in [0.15, 0.2) is 0 Å². The molecule has 0 aromatic carbocycles. The van der Waals surface area contributed by atoms with Crippen molar-refractivity contribution in [3.05, 3.63) is 11.6 Å². The lowest BCUT2D eigenvalue weighted by Gasteiger charge is -2.23. The number of hydrogen-bond acceptors (Lipinski definition) is 1. The van der Waals surface area contributed by atoms with Gasteiger partial charge in [-0.1, -0.05) is 25.5 Å². The second-order valence-electron chi connectivity index (χ2n) is 5.78. The van der Waals surface area contributed by atoms with Gasteiger partial charge in [0.25, 0.3) is 0 Å². The van der Waals surface area contributed by atoms with Crippen LogP contribution >= 0.6 is 0 Å². The van der Waals surface area contributed by atoms with E-state index in [2.05, 4.69) is 25.2 Å². The second-order valence-corrected chi connectivity index (χ2v) is 5.78. The van der Waals surface area contributed by atoms with Gasteiger partial charge >= 0.3 is 0 Å². The molecule has 0 atom stereocenters. The first-order valence-corrected chi connectivity index (χ1v) is 6.63. The summed E-state index contributed by atoms with van der Waals surface area (Å²) in [5.41, 5.74) is 2.39. The maximum absolute atomic E-state index is 3.64. The van der Waals surface area contributed by atoms with Crippen LogP contribution in [-0.2, 0) is 0 Å². The van der Waals surface area contributed by atoms with Gasteiger partial charge in [-0.2, -0.15) is 0 Å². The van der Waals surface area contributed by atoms with E-state index in [-0.39, 0.29) is 0 Å². The first-order chi connectivity index (χ1) is 7.23. The minimum absolute atomic E-state index is 0.606. The zero-order chi connectivity index (χ0) is 10.7. The maximum Gasteiger partial charge on any atom is 0.00453 e. The smallest absolute Gasteiger partial charge is 0.00453 e. The molecule has 15 heavy (non-hydrogen) atoms. The number of nitrogens with one attached hydrogen (secondary N) is 1. The van der Waals surface area contributed by atoms with Gasteiger partial charge in [-0.05, 0) is 51.0 Å². The molecule has 2 aliphatic carbocycles. The molecule has 1 nitrogen and oxygen atoms in total. The van der Waals surface area contributed by atoms with Crippen molar-refractivity contribution in [2.24, 2.45) is 11.3 Å².